The van der Waals surface area contributed by atoms with Gasteiger partial charge in [0.2, 0.25) is 5.82 Å². The van der Waals surface area contributed by atoms with Gasteiger partial charge in [-0.25, -0.2) is 4.79 Å². The smallest absolute Gasteiger partial charge is 0.346 e. The van der Waals surface area contributed by atoms with E-state index in [2.05, 4.69) is 0 Å². The van der Waals surface area contributed by atoms with Crippen LogP contribution in [0, 0.1) is 15.9 Å². The molecule has 2 rings (SSSR count). The van der Waals surface area contributed by atoms with Gasteiger partial charge in [0.05, 0.1) is 4.92 Å². The Labute approximate surface area is 116 Å². The third-order valence-electron chi connectivity index (χ3n) is 2.44. The number of halogens is 1. The molecule has 0 spiro atoms. The molecule has 0 radical (unpaired) electrons. The molecule has 6 nitrogen and oxygen atoms in total. The van der Waals surface area contributed by atoms with Crippen molar-refractivity contribution in [2.75, 3.05) is 0 Å². The molecule has 0 aliphatic rings. The number of aromatic carboxylic acids is 1. The van der Waals surface area contributed by atoms with E-state index in [-0.39, 0.29) is 22.8 Å². The van der Waals surface area contributed by atoms with Crippen molar-refractivity contribution in [2.24, 2.45) is 0 Å². The number of carbonyl (C=O) groups is 1. The summed E-state index contributed by atoms with van der Waals surface area (Å²) in [6, 6.07) is 5.09. The number of carboxylic acid groups (broad SMARTS) is 1. The van der Waals surface area contributed by atoms with Crippen molar-refractivity contribution in [3.05, 3.63) is 56.0 Å². The van der Waals surface area contributed by atoms with E-state index < -0.39 is 22.4 Å². The summed E-state index contributed by atoms with van der Waals surface area (Å²) in [7, 11) is 0. The van der Waals surface area contributed by atoms with E-state index in [1.54, 1.807) is 0 Å². The SMILES string of the molecule is O=C(O)c1cc(OCc2cccc([N+](=O)[O-])c2F)cs1. The zero-order valence-corrected chi connectivity index (χ0v) is 10.7. The van der Waals surface area contributed by atoms with Crippen molar-refractivity contribution < 1.29 is 24.0 Å². The minimum Gasteiger partial charge on any atom is -0.488 e. The second kappa shape index (κ2) is 5.66. The highest BCUT2D eigenvalue weighted by Crippen LogP contribution is 2.25. The zero-order valence-electron chi connectivity index (χ0n) is 9.91. The van der Waals surface area contributed by atoms with Crippen molar-refractivity contribution in [2.45, 2.75) is 6.61 Å². The fourth-order valence-corrected chi connectivity index (χ4v) is 2.15. The monoisotopic (exact) mass is 297 g/mol. The quantitative estimate of drug-likeness (QED) is 0.676. The Morgan fingerprint density at radius 2 is 2.25 bits per heavy atom. The Morgan fingerprint density at radius 3 is 2.85 bits per heavy atom. The Bertz CT molecular complexity index is 670. The first-order valence-corrected chi connectivity index (χ1v) is 6.23. The number of carboxylic acids is 1. The number of thiophene rings is 1. The Morgan fingerprint density at radius 1 is 1.50 bits per heavy atom. The van der Waals surface area contributed by atoms with E-state index in [4.69, 9.17) is 9.84 Å². The van der Waals surface area contributed by atoms with Crippen LogP contribution in [0.1, 0.15) is 15.2 Å². The van der Waals surface area contributed by atoms with E-state index in [1.807, 2.05) is 0 Å². The second-order valence-electron chi connectivity index (χ2n) is 3.75. The van der Waals surface area contributed by atoms with Crippen molar-refractivity contribution in [1.82, 2.24) is 0 Å². The number of nitrogens with zero attached hydrogens (tertiary/aromatic N) is 1. The van der Waals surface area contributed by atoms with Crippen molar-refractivity contribution in [3.8, 4) is 5.75 Å². The lowest BCUT2D eigenvalue weighted by atomic mass is 10.2. The average molecular weight is 297 g/mol. The van der Waals surface area contributed by atoms with Crippen LogP contribution in [0.2, 0.25) is 0 Å². The van der Waals surface area contributed by atoms with E-state index in [0.29, 0.717) is 0 Å². The van der Waals surface area contributed by atoms with Crippen LogP contribution < -0.4 is 4.74 Å². The maximum Gasteiger partial charge on any atom is 0.346 e. The summed E-state index contributed by atoms with van der Waals surface area (Å²) in [6.45, 7) is -0.219. The van der Waals surface area contributed by atoms with Gasteiger partial charge in [-0.2, -0.15) is 4.39 Å². The van der Waals surface area contributed by atoms with Gasteiger partial charge in [0.1, 0.15) is 17.2 Å². The summed E-state index contributed by atoms with van der Waals surface area (Å²) in [5.41, 5.74) is -0.593. The molecule has 0 aliphatic carbocycles. The summed E-state index contributed by atoms with van der Waals surface area (Å²) in [4.78, 5) is 20.6. The van der Waals surface area contributed by atoms with E-state index in [9.17, 15) is 19.3 Å². The highest BCUT2D eigenvalue weighted by molar-refractivity contribution is 7.12. The molecule has 0 saturated heterocycles. The first kappa shape index (κ1) is 13.9. The second-order valence-corrected chi connectivity index (χ2v) is 4.66. The predicted octanol–water partition coefficient (Wildman–Crippen LogP) is 3.07. The molecule has 0 atom stereocenters. The number of nitro benzene ring substituents is 1. The molecule has 0 saturated carbocycles. The highest BCUT2D eigenvalue weighted by Gasteiger charge is 2.17. The summed E-state index contributed by atoms with van der Waals surface area (Å²) in [6.07, 6.45) is 0. The molecule has 0 bridgehead atoms. The van der Waals surface area contributed by atoms with Crippen LogP contribution in [0.3, 0.4) is 0 Å². The minimum absolute atomic E-state index is 0.0299. The molecule has 0 amide bonds. The van der Waals surface area contributed by atoms with Crippen LogP contribution in [0.25, 0.3) is 0 Å². The molecule has 20 heavy (non-hydrogen) atoms. The summed E-state index contributed by atoms with van der Waals surface area (Å²) in [5, 5.41) is 20.8. The lowest BCUT2D eigenvalue weighted by Gasteiger charge is -2.05. The minimum atomic E-state index is -1.08. The van der Waals surface area contributed by atoms with Crippen LogP contribution in [0.5, 0.6) is 5.75 Å². The molecule has 1 N–H and O–H groups in total. The van der Waals surface area contributed by atoms with Gasteiger partial charge in [0.25, 0.3) is 0 Å². The number of hydrogen-bond acceptors (Lipinski definition) is 5. The molecule has 8 heteroatoms. The molecule has 1 aromatic heterocycles. The fraction of sp³-hybridized carbons (Fsp3) is 0.0833. The molecule has 2 aromatic rings. The maximum atomic E-state index is 13.7. The predicted molar refractivity (Wildman–Crippen MR) is 68.7 cm³/mol. The van der Waals surface area contributed by atoms with Gasteiger partial charge >= 0.3 is 11.7 Å². The number of hydrogen-bond donors (Lipinski definition) is 1. The van der Waals surface area contributed by atoms with Gasteiger partial charge in [-0.3, -0.25) is 10.1 Å². The number of ether oxygens (including phenoxy) is 1. The van der Waals surface area contributed by atoms with Gasteiger partial charge < -0.3 is 9.84 Å². The molecule has 1 heterocycles. The fourth-order valence-electron chi connectivity index (χ4n) is 1.49. The lowest BCUT2D eigenvalue weighted by Crippen LogP contribution is -2.01. The molecular weight excluding hydrogens is 289 g/mol. The Hall–Kier alpha value is -2.48. The van der Waals surface area contributed by atoms with Crippen LogP contribution >= 0.6 is 11.3 Å². The summed E-state index contributed by atoms with van der Waals surface area (Å²) < 4.78 is 19.0. The largest absolute Gasteiger partial charge is 0.488 e. The third-order valence-corrected chi connectivity index (χ3v) is 3.33. The normalized spacial score (nSPS) is 10.2. The van der Waals surface area contributed by atoms with Crippen LogP contribution in [0.15, 0.2) is 29.6 Å². The summed E-state index contributed by atoms with van der Waals surface area (Å²) in [5.74, 6) is -1.75. The topological polar surface area (TPSA) is 89.7 Å². The molecular formula is C12H8FNO5S. The van der Waals surface area contributed by atoms with Gasteiger partial charge in [0.15, 0.2) is 0 Å². The van der Waals surface area contributed by atoms with Gasteiger partial charge in [-0.1, -0.05) is 12.1 Å². The number of benzene rings is 1. The molecule has 0 aliphatic heterocycles. The van der Waals surface area contributed by atoms with Gasteiger partial charge in [-0.05, 0) is 0 Å². The van der Waals surface area contributed by atoms with Gasteiger partial charge in [0, 0.05) is 23.1 Å². The van der Waals surface area contributed by atoms with Crippen LogP contribution in [-0.2, 0) is 6.61 Å². The molecule has 1 aromatic carbocycles. The van der Waals surface area contributed by atoms with Gasteiger partial charge in [-0.15, -0.1) is 11.3 Å². The lowest BCUT2D eigenvalue weighted by molar-refractivity contribution is -0.387. The maximum absolute atomic E-state index is 13.7. The van der Waals surface area contributed by atoms with Crippen LogP contribution in [0.4, 0.5) is 10.1 Å². The highest BCUT2D eigenvalue weighted by atomic mass is 32.1. The zero-order chi connectivity index (χ0) is 14.7. The van der Waals surface area contributed by atoms with E-state index >= 15 is 0 Å². The van der Waals surface area contributed by atoms with Crippen molar-refractivity contribution in [1.29, 1.82) is 0 Å². The molecule has 0 unspecified atom stereocenters. The summed E-state index contributed by atoms with van der Waals surface area (Å²) >= 11 is 0.979. The molecule has 104 valence electrons. The first-order valence-electron chi connectivity index (χ1n) is 5.35. The first-order chi connectivity index (χ1) is 9.49. The standard InChI is InChI=1S/C12H8FNO5S/c13-11-7(2-1-3-9(11)14(17)18)5-19-8-4-10(12(15)16)20-6-8/h1-4,6H,5H2,(H,15,16). The number of nitro groups is 1. The van der Waals surface area contributed by atoms with E-state index in [1.165, 1.54) is 23.6 Å². The van der Waals surface area contributed by atoms with E-state index in [0.717, 1.165) is 17.4 Å². The van der Waals surface area contributed by atoms with Crippen molar-refractivity contribution in [3.63, 3.8) is 0 Å². The third kappa shape index (κ3) is 2.91. The Kier molecular flexibility index (Phi) is 3.94. The molecule has 0 fully saturated rings. The average Bonchev–Trinajstić information content (AvgIpc) is 2.86. The van der Waals surface area contributed by atoms with Crippen LogP contribution in [-0.4, -0.2) is 16.0 Å². The van der Waals surface area contributed by atoms with Crippen molar-refractivity contribution >= 4 is 23.0 Å². The number of rotatable bonds is 5. The Balaban J connectivity index is 2.12.